The fourth-order valence-corrected chi connectivity index (χ4v) is 2.32. The smallest absolute Gasteiger partial charge is 0.129 e. The predicted molar refractivity (Wildman–Crippen MR) is 80.9 cm³/mol. The Bertz CT molecular complexity index is 572. The molecule has 0 spiro atoms. The third-order valence-corrected chi connectivity index (χ3v) is 3.63. The standard InChI is InChI=1S/C14H13Cl3N2/c1-19(8-10-4-2-3-5-11(10)15)9-13-12(16)6-7-14(17)18-13/h2-7H,8-9H2,1H3. The lowest BCUT2D eigenvalue weighted by molar-refractivity contribution is 0.315. The zero-order chi connectivity index (χ0) is 13.8. The van der Waals surface area contributed by atoms with Crippen molar-refractivity contribution >= 4 is 34.8 Å². The van der Waals surface area contributed by atoms with Crippen molar-refractivity contribution in [3.63, 3.8) is 0 Å². The van der Waals surface area contributed by atoms with Gasteiger partial charge in [0.05, 0.1) is 10.7 Å². The summed E-state index contributed by atoms with van der Waals surface area (Å²) in [6, 6.07) is 11.2. The van der Waals surface area contributed by atoms with E-state index in [1.807, 2.05) is 31.3 Å². The molecule has 2 rings (SSSR count). The highest BCUT2D eigenvalue weighted by molar-refractivity contribution is 6.32. The van der Waals surface area contributed by atoms with Gasteiger partial charge in [-0.1, -0.05) is 53.0 Å². The molecule has 1 heterocycles. The van der Waals surface area contributed by atoms with Crippen molar-refractivity contribution in [2.45, 2.75) is 13.1 Å². The van der Waals surface area contributed by atoms with E-state index in [1.165, 1.54) is 0 Å². The Labute approximate surface area is 127 Å². The number of pyridine rings is 1. The average molecular weight is 316 g/mol. The predicted octanol–water partition coefficient (Wildman–Crippen LogP) is 4.67. The molecule has 0 amide bonds. The van der Waals surface area contributed by atoms with Crippen molar-refractivity contribution in [2.24, 2.45) is 0 Å². The van der Waals surface area contributed by atoms with Crippen LogP contribution in [0.3, 0.4) is 0 Å². The second-order valence-corrected chi connectivity index (χ2v) is 5.53. The first-order valence-corrected chi connectivity index (χ1v) is 6.92. The average Bonchev–Trinajstić information content (AvgIpc) is 2.37. The molecule has 5 heteroatoms. The molecule has 2 nitrogen and oxygen atoms in total. The molecule has 19 heavy (non-hydrogen) atoms. The lowest BCUT2D eigenvalue weighted by atomic mass is 10.2. The molecule has 0 aliphatic rings. The minimum Gasteiger partial charge on any atom is -0.296 e. The Morgan fingerprint density at radius 1 is 0.947 bits per heavy atom. The number of hydrogen-bond acceptors (Lipinski definition) is 2. The highest BCUT2D eigenvalue weighted by atomic mass is 35.5. The molecule has 0 unspecified atom stereocenters. The van der Waals surface area contributed by atoms with Crippen molar-refractivity contribution in [1.82, 2.24) is 9.88 Å². The summed E-state index contributed by atoms with van der Waals surface area (Å²) in [5.41, 5.74) is 1.84. The summed E-state index contributed by atoms with van der Waals surface area (Å²) in [5.74, 6) is 0. The molecule has 0 aliphatic carbocycles. The van der Waals surface area contributed by atoms with E-state index < -0.39 is 0 Å². The van der Waals surface area contributed by atoms with Crippen molar-refractivity contribution < 1.29 is 0 Å². The van der Waals surface area contributed by atoms with Crippen LogP contribution in [-0.2, 0) is 13.1 Å². The van der Waals surface area contributed by atoms with E-state index in [9.17, 15) is 0 Å². The van der Waals surface area contributed by atoms with Crippen molar-refractivity contribution in [3.8, 4) is 0 Å². The van der Waals surface area contributed by atoms with E-state index in [0.717, 1.165) is 22.8 Å². The van der Waals surface area contributed by atoms with Crippen LogP contribution in [-0.4, -0.2) is 16.9 Å². The summed E-state index contributed by atoms with van der Waals surface area (Å²) in [7, 11) is 1.99. The number of hydrogen-bond donors (Lipinski definition) is 0. The van der Waals surface area contributed by atoms with Crippen LogP contribution in [0, 0.1) is 0 Å². The zero-order valence-electron chi connectivity index (χ0n) is 10.4. The van der Waals surface area contributed by atoms with Crippen molar-refractivity contribution in [3.05, 3.63) is 62.9 Å². The third kappa shape index (κ3) is 4.08. The van der Waals surface area contributed by atoms with Crippen LogP contribution in [0.5, 0.6) is 0 Å². The highest BCUT2D eigenvalue weighted by Crippen LogP contribution is 2.20. The van der Waals surface area contributed by atoms with Crippen molar-refractivity contribution in [1.29, 1.82) is 0 Å². The molecule has 0 saturated heterocycles. The zero-order valence-corrected chi connectivity index (χ0v) is 12.7. The molecular formula is C14H13Cl3N2. The van der Waals surface area contributed by atoms with Gasteiger partial charge in [0.2, 0.25) is 0 Å². The Morgan fingerprint density at radius 2 is 1.68 bits per heavy atom. The summed E-state index contributed by atoms with van der Waals surface area (Å²) >= 11 is 18.1. The van der Waals surface area contributed by atoms with Gasteiger partial charge in [-0.25, -0.2) is 4.98 Å². The maximum atomic E-state index is 6.14. The lowest BCUT2D eigenvalue weighted by Crippen LogP contribution is -2.18. The highest BCUT2D eigenvalue weighted by Gasteiger charge is 2.09. The molecule has 1 aromatic heterocycles. The summed E-state index contributed by atoms with van der Waals surface area (Å²) < 4.78 is 0. The van der Waals surface area contributed by atoms with E-state index in [-0.39, 0.29) is 0 Å². The fourth-order valence-electron chi connectivity index (χ4n) is 1.80. The first kappa shape index (κ1) is 14.6. The summed E-state index contributed by atoms with van der Waals surface area (Å²) in [5, 5.41) is 1.83. The maximum Gasteiger partial charge on any atom is 0.129 e. The van der Waals surface area contributed by atoms with Crippen LogP contribution in [0.4, 0.5) is 0 Å². The van der Waals surface area contributed by atoms with Crippen LogP contribution < -0.4 is 0 Å². The van der Waals surface area contributed by atoms with Crippen LogP contribution in [0.1, 0.15) is 11.3 Å². The number of aromatic nitrogens is 1. The first-order valence-electron chi connectivity index (χ1n) is 5.79. The molecule has 1 aromatic carbocycles. The molecule has 0 atom stereocenters. The van der Waals surface area contributed by atoms with Crippen LogP contribution in [0.15, 0.2) is 36.4 Å². The van der Waals surface area contributed by atoms with Gasteiger partial charge in [-0.15, -0.1) is 0 Å². The third-order valence-electron chi connectivity index (χ3n) is 2.70. The molecule has 0 bridgehead atoms. The Kier molecular flexibility index (Phi) is 5.06. The van der Waals surface area contributed by atoms with Crippen LogP contribution in [0.25, 0.3) is 0 Å². The molecule has 0 fully saturated rings. The summed E-state index contributed by atoms with van der Waals surface area (Å²) in [6.45, 7) is 1.34. The molecule has 0 aliphatic heterocycles. The topological polar surface area (TPSA) is 16.1 Å². The monoisotopic (exact) mass is 314 g/mol. The molecule has 0 radical (unpaired) electrons. The van der Waals surface area contributed by atoms with E-state index in [2.05, 4.69) is 9.88 Å². The number of benzene rings is 1. The van der Waals surface area contributed by atoms with E-state index in [0.29, 0.717) is 16.7 Å². The van der Waals surface area contributed by atoms with Gasteiger partial charge >= 0.3 is 0 Å². The van der Waals surface area contributed by atoms with Gasteiger partial charge in [-0.3, -0.25) is 4.90 Å². The van der Waals surface area contributed by atoms with Gasteiger partial charge in [0, 0.05) is 18.1 Å². The van der Waals surface area contributed by atoms with Gasteiger partial charge in [0.15, 0.2) is 0 Å². The first-order chi connectivity index (χ1) is 9.06. The SMILES string of the molecule is CN(Cc1ccccc1Cl)Cc1nc(Cl)ccc1Cl. The second-order valence-electron chi connectivity index (χ2n) is 4.33. The molecular weight excluding hydrogens is 303 g/mol. The lowest BCUT2D eigenvalue weighted by Gasteiger charge is -2.17. The number of rotatable bonds is 4. The molecule has 0 N–H and O–H groups in total. The molecule has 2 aromatic rings. The minimum atomic E-state index is 0.450. The maximum absolute atomic E-state index is 6.14. The van der Waals surface area contributed by atoms with Gasteiger partial charge in [0.25, 0.3) is 0 Å². The van der Waals surface area contributed by atoms with E-state index >= 15 is 0 Å². The van der Waals surface area contributed by atoms with Gasteiger partial charge in [0.1, 0.15) is 5.15 Å². The largest absolute Gasteiger partial charge is 0.296 e. The van der Waals surface area contributed by atoms with E-state index in [1.54, 1.807) is 12.1 Å². The number of halogens is 3. The van der Waals surface area contributed by atoms with Gasteiger partial charge in [-0.2, -0.15) is 0 Å². The molecule has 0 saturated carbocycles. The normalized spacial score (nSPS) is 11.0. The quantitative estimate of drug-likeness (QED) is 0.762. The Balaban J connectivity index is 2.07. The second kappa shape index (κ2) is 6.58. The van der Waals surface area contributed by atoms with Crippen LogP contribution >= 0.6 is 34.8 Å². The Morgan fingerprint density at radius 3 is 2.42 bits per heavy atom. The fraction of sp³-hybridized carbons (Fsp3) is 0.214. The molecule has 100 valence electrons. The number of nitrogens with zero attached hydrogens (tertiary/aromatic N) is 2. The summed E-state index contributed by atoms with van der Waals surface area (Å²) in [6.07, 6.45) is 0. The van der Waals surface area contributed by atoms with E-state index in [4.69, 9.17) is 34.8 Å². The van der Waals surface area contributed by atoms with Gasteiger partial charge in [-0.05, 0) is 30.8 Å². The Hall–Kier alpha value is -0.800. The van der Waals surface area contributed by atoms with Crippen LogP contribution in [0.2, 0.25) is 15.2 Å². The minimum absolute atomic E-state index is 0.450. The summed E-state index contributed by atoms with van der Waals surface area (Å²) in [4.78, 5) is 6.32. The van der Waals surface area contributed by atoms with Crippen molar-refractivity contribution in [2.75, 3.05) is 7.05 Å². The van der Waals surface area contributed by atoms with Gasteiger partial charge < -0.3 is 0 Å².